The van der Waals surface area contributed by atoms with Gasteiger partial charge >= 0.3 is 5.97 Å². The first-order valence-electron chi connectivity index (χ1n) is 7.96. The van der Waals surface area contributed by atoms with Crippen LogP contribution in [0.1, 0.15) is 26.7 Å². The van der Waals surface area contributed by atoms with Gasteiger partial charge in [0.2, 0.25) is 5.91 Å². The summed E-state index contributed by atoms with van der Waals surface area (Å²) in [4.78, 5) is 22.9. The van der Waals surface area contributed by atoms with E-state index < -0.39 is 20.1 Å². The van der Waals surface area contributed by atoms with Crippen molar-refractivity contribution in [3.63, 3.8) is 0 Å². The normalized spacial score (nSPS) is 14.1. The van der Waals surface area contributed by atoms with Gasteiger partial charge in [0.15, 0.2) is 0 Å². The van der Waals surface area contributed by atoms with Crippen LogP contribution < -0.4 is 10.5 Å². The first kappa shape index (κ1) is 19.8. The fourth-order valence-electron chi connectivity index (χ4n) is 2.60. The third kappa shape index (κ3) is 6.03. The third-order valence-corrected chi connectivity index (χ3v) is 11.2. The van der Waals surface area contributed by atoms with Crippen molar-refractivity contribution in [1.82, 2.24) is 5.32 Å². The third-order valence-electron chi connectivity index (χ3n) is 4.01. The SMILES string of the molecule is CCCC(SC[C@H](NC(C)=O)C(=O)O)[Si](C)(C)c1ccccc1. The average Bonchev–Trinajstić information content (AvgIpc) is 2.50. The first-order valence-corrected chi connectivity index (χ1v) is 12.1. The Morgan fingerprint density at radius 1 is 1.26 bits per heavy atom. The summed E-state index contributed by atoms with van der Waals surface area (Å²) < 4.78 is 0. The molecule has 2 N–H and O–H groups in total. The van der Waals surface area contributed by atoms with Crippen molar-refractivity contribution in [2.45, 2.75) is 50.7 Å². The van der Waals surface area contributed by atoms with E-state index in [-0.39, 0.29) is 5.91 Å². The lowest BCUT2D eigenvalue weighted by Gasteiger charge is -2.33. The number of hydrogen-bond acceptors (Lipinski definition) is 3. The van der Waals surface area contributed by atoms with Crippen molar-refractivity contribution in [1.29, 1.82) is 0 Å². The number of amides is 1. The molecule has 0 aliphatic carbocycles. The Labute approximate surface area is 144 Å². The topological polar surface area (TPSA) is 66.4 Å². The Hall–Kier alpha value is -1.27. The molecule has 0 radical (unpaired) electrons. The molecule has 0 saturated carbocycles. The molecule has 0 heterocycles. The monoisotopic (exact) mass is 353 g/mol. The number of rotatable bonds is 9. The molecule has 0 spiro atoms. The van der Waals surface area contributed by atoms with Gasteiger partial charge in [-0.3, -0.25) is 4.79 Å². The molecule has 0 aliphatic rings. The van der Waals surface area contributed by atoms with Gasteiger partial charge in [-0.2, -0.15) is 11.8 Å². The van der Waals surface area contributed by atoms with Crippen molar-refractivity contribution >= 4 is 36.9 Å². The minimum atomic E-state index is -1.71. The molecule has 0 fully saturated rings. The molecular weight excluding hydrogens is 326 g/mol. The van der Waals surface area contributed by atoms with Gasteiger partial charge in [0.25, 0.3) is 0 Å². The Morgan fingerprint density at radius 2 is 1.87 bits per heavy atom. The van der Waals surface area contributed by atoms with E-state index in [1.165, 1.54) is 12.1 Å². The maximum absolute atomic E-state index is 11.3. The second-order valence-corrected chi connectivity index (χ2v) is 12.7. The molecule has 4 nitrogen and oxygen atoms in total. The number of carbonyl (C=O) groups is 2. The Balaban J connectivity index is 2.85. The number of hydrogen-bond donors (Lipinski definition) is 2. The summed E-state index contributed by atoms with van der Waals surface area (Å²) in [5.41, 5.74) is 0. The number of aliphatic carboxylic acids is 1. The zero-order chi connectivity index (χ0) is 17.5. The van der Waals surface area contributed by atoms with Crippen LogP contribution in [-0.4, -0.2) is 41.7 Å². The maximum Gasteiger partial charge on any atom is 0.327 e. The molecule has 1 aromatic rings. The van der Waals surface area contributed by atoms with Gasteiger partial charge in [-0.15, -0.1) is 0 Å². The van der Waals surface area contributed by atoms with Crippen LogP contribution in [-0.2, 0) is 9.59 Å². The summed E-state index contributed by atoms with van der Waals surface area (Å²) in [6, 6.07) is 9.69. The predicted octanol–water partition coefficient (Wildman–Crippen LogP) is 2.63. The summed E-state index contributed by atoms with van der Waals surface area (Å²) in [5, 5.41) is 13.2. The summed E-state index contributed by atoms with van der Waals surface area (Å²) in [7, 11) is -1.71. The van der Waals surface area contributed by atoms with E-state index in [1.807, 2.05) is 6.07 Å². The highest BCUT2D eigenvalue weighted by Crippen LogP contribution is 2.27. The van der Waals surface area contributed by atoms with Crippen molar-refractivity contribution in [3.8, 4) is 0 Å². The predicted molar refractivity (Wildman–Crippen MR) is 100.0 cm³/mol. The highest BCUT2D eigenvalue weighted by molar-refractivity contribution is 8.01. The Morgan fingerprint density at radius 3 is 2.35 bits per heavy atom. The zero-order valence-corrected chi connectivity index (χ0v) is 16.2. The molecule has 23 heavy (non-hydrogen) atoms. The van der Waals surface area contributed by atoms with Crippen LogP contribution in [0.4, 0.5) is 0 Å². The van der Waals surface area contributed by atoms with Gasteiger partial charge in [0.05, 0.1) is 8.07 Å². The van der Waals surface area contributed by atoms with E-state index in [0.717, 1.165) is 12.8 Å². The number of carbonyl (C=O) groups excluding carboxylic acids is 1. The lowest BCUT2D eigenvalue weighted by molar-refractivity contribution is -0.140. The quantitative estimate of drug-likeness (QED) is 0.670. The van der Waals surface area contributed by atoms with E-state index >= 15 is 0 Å². The fraction of sp³-hybridized carbons (Fsp3) is 0.529. The van der Waals surface area contributed by atoms with Crippen molar-refractivity contribution in [2.24, 2.45) is 0 Å². The van der Waals surface area contributed by atoms with Crippen molar-refractivity contribution in [2.75, 3.05) is 5.75 Å². The molecule has 6 heteroatoms. The lowest BCUT2D eigenvalue weighted by Crippen LogP contribution is -2.52. The summed E-state index contributed by atoms with van der Waals surface area (Å²) >= 11 is 1.69. The van der Waals surface area contributed by atoms with Gasteiger partial charge in [-0.1, -0.05) is 62.0 Å². The van der Waals surface area contributed by atoms with Crippen molar-refractivity contribution < 1.29 is 14.7 Å². The maximum atomic E-state index is 11.3. The lowest BCUT2D eigenvalue weighted by atomic mass is 10.3. The summed E-state index contributed by atoms with van der Waals surface area (Å²) in [6.07, 6.45) is 2.13. The van der Waals surface area contributed by atoms with Crippen molar-refractivity contribution in [3.05, 3.63) is 30.3 Å². The van der Waals surface area contributed by atoms with E-state index in [9.17, 15) is 14.7 Å². The van der Waals surface area contributed by atoms with Crippen LogP contribution in [0, 0.1) is 0 Å². The number of benzene rings is 1. The van der Waals surface area contributed by atoms with Gasteiger partial charge in [-0.05, 0) is 6.42 Å². The minimum absolute atomic E-state index is 0.301. The van der Waals surface area contributed by atoms with Gasteiger partial charge in [0.1, 0.15) is 6.04 Å². The van der Waals surface area contributed by atoms with E-state index in [2.05, 4.69) is 49.6 Å². The molecule has 1 unspecified atom stereocenters. The minimum Gasteiger partial charge on any atom is -0.480 e. The largest absolute Gasteiger partial charge is 0.480 e. The molecule has 2 atom stereocenters. The Kier molecular flexibility index (Phi) is 7.85. The zero-order valence-electron chi connectivity index (χ0n) is 14.3. The molecule has 0 bridgehead atoms. The molecule has 1 rings (SSSR count). The molecule has 0 saturated heterocycles. The van der Waals surface area contributed by atoms with Gasteiger partial charge in [0, 0.05) is 17.5 Å². The number of thioether (sulfide) groups is 1. The van der Waals surface area contributed by atoms with Gasteiger partial charge in [-0.25, -0.2) is 4.79 Å². The highest BCUT2D eigenvalue weighted by atomic mass is 32.2. The first-order chi connectivity index (χ1) is 10.8. The summed E-state index contributed by atoms with van der Waals surface area (Å²) in [5.74, 6) is -0.866. The molecule has 128 valence electrons. The van der Waals surface area contributed by atoms with Crippen LogP contribution >= 0.6 is 11.8 Å². The van der Waals surface area contributed by atoms with E-state index in [1.54, 1.807) is 11.8 Å². The number of carboxylic acid groups (broad SMARTS) is 1. The number of carboxylic acids is 1. The number of nitrogens with one attached hydrogen (secondary N) is 1. The smallest absolute Gasteiger partial charge is 0.327 e. The fourth-order valence-corrected chi connectivity index (χ4v) is 8.45. The van der Waals surface area contributed by atoms with Crippen LogP contribution in [0.2, 0.25) is 13.1 Å². The van der Waals surface area contributed by atoms with E-state index in [0.29, 0.717) is 10.6 Å². The summed E-state index contributed by atoms with van der Waals surface area (Å²) in [6.45, 7) is 8.19. The van der Waals surface area contributed by atoms with Crippen LogP contribution in [0.25, 0.3) is 0 Å². The van der Waals surface area contributed by atoms with Crippen LogP contribution in [0.3, 0.4) is 0 Å². The molecule has 1 amide bonds. The molecule has 0 aliphatic heterocycles. The average molecular weight is 354 g/mol. The second kappa shape index (κ2) is 9.13. The molecule has 0 aromatic heterocycles. The van der Waals surface area contributed by atoms with Crippen LogP contribution in [0.15, 0.2) is 30.3 Å². The highest BCUT2D eigenvalue weighted by Gasteiger charge is 2.34. The second-order valence-electron chi connectivity index (χ2n) is 6.29. The molecule has 1 aromatic carbocycles. The molecular formula is C17H27NO3SSi. The van der Waals surface area contributed by atoms with Gasteiger partial charge < -0.3 is 10.4 Å². The van der Waals surface area contributed by atoms with Crippen LogP contribution in [0.5, 0.6) is 0 Å². The van der Waals surface area contributed by atoms with E-state index in [4.69, 9.17) is 0 Å². The standard InChI is InChI=1S/C17H27NO3SSi/c1-5-9-16(22-12-15(17(20)21)18-13(2)19)23(3,4)14-10-7-6-8-11-14/h6-8,10-11,15-16H,5,9,12H2,1-4H3,(H,18,19)(H,20,21)/t15-,16?/m0/s1. The Bertz CT molecular complexity index is 522.